The summed E-state index contributed by atoms with van der Waals surface area (Å²) >= 11 is 5.59. The molecule has 0 rings (SSSR count). The van der Waals surface area contributed by atoms with Crippen LogP contribution in [0, 0.1) is 5.92 Å². The van der Waals surface area contributed by atoms with Crippen LogP contribution in [0.15, 0.2) is 0 Å². The minimum atomic E-state index is -3.47. The Morgan fingerprint density at radius 1 is 1.28 bits per heavy atom. The Bertz CT molecular complexity index is 355. The predicted molar refractivity (Wildman–Crippen MR) is 74.2 cm³/mol. The number of hydrogen-bond acceptors (Lipinski definition) is 3. The molecule has 0 aromatic rings. The zero-order chi connectivity index (χ0) is 14.3. The van der Waals surface area contributed by atoms with Gasteiger partial charge in [0.15, 0.2) is 0 Å². The van der Waals surface area contributed by atoms with Gasteiger partial charge in [-0.3, -0.25) is 4.79 Å². The normalized spacial score (nSPS) is 15.2. The van der Waals surface area contributed by atoms with Crippen molar-refractivity contribution in [2.75, 3.05) is 24.7 Å². The number of nitrogens with zero attached hydrogens (tertiary/aromatic N) is 1. The van der Waals surface area contributed by atoms with E-state index in [1.807, 2.05) is 13.8 Å². The van der Waals surface area contributed by atoms with Crippen LogP contribution in [-0.4, -0.2) is 50.0 Å². The van der Waals surface area contributed by atoms with E-state index < -0.39 is 16.1 Å². The summed E-state index contributed by atoms with van der Waals surface area (Å²) in [6, 6.07) is -0.738. The molecule has 0 spiro atoms. The Labute approximate surface area is 115 Å². The van der Waals surface area contributed by atoms with Gasteiger partial charge < -0.3 is 4.90 Å². The van der Waals surface area contributed by atoms with Crippen LogP contribution in [-0.2, 0) is 14.8 Å². The van der Waals surface area contributed by atoms with Crippen molar-refractivity contribution in [2.24, 2.45) is 5.92 Å². The lowest BCUT2D eigenvalue weighted by molar-refractivity contribution is -0.132. The molecule has 0 aliphatic carbocycles. The van der Waals surface area contributed by atoms with Gasteiger partial charge >= 0.3 is 0 Å². The first-order chi connectivity index (χ1) is 8.27. The molecule has 2 atom stereocenters. The molecule has 0 saturated heterocycles. The van der Waals surface area contributed by atoms with Crippen molar-refractivity contribution >= 4 is 27.5 Å². The van der Waals surface area contributed by atoms with Crippen molar-refractivity contribution in [3.8, 4) is 0 Å². The highest BCUT2D eigenvalue weighted by atomic mass is 35.5. The molecule has 5 nitrogen and oxygen atoms in total. The van der Waals surface area contributed by atoms with Crippen molar-refractivity contribution in [1.29, 1.82) is 0 Å². The van der Waals surface area contributed by atoms with Crippen LogP contribution >= 0.6 is 11.6 Å². The van der Waals surface area contributed by atoms with Gasteiger partial charge in [-0.15, -0.1) is 11.6 Å². The summed E-state index contributed by atoms with van der Waals surface area (Å²) in [6.45, 7) is 8.17. The van der Waals surface area contributed by atoms with Crippen LogP contribution in [0.25, 0.3) is 0 Å². The van der Waals surface area contributed by atoms with Gasteiger partial charge in [0.25, 0.3) is 0 Å². The van der Waals surface area contributed by atoms with Gasteiger partial charge in [0.2, 0.25) is 15.9 Å². The Morgan fingerprint density at radius 2 is 1.78 bits per heavy atom. The fourth-order valence-electron chi connectivity index (χ4n) is 1.60. The molecule has 7 heteroatoms. The Hall–Kier alpha value is -0.330. The minimum absolute atomic E-state index is 0.0631. The van der Waals surface area contributed by atoms with Crippen LogP contribution in [0.1, 0.15) is 27.7 Å². The van der Waals surface area contributed by atoms with Crippen LogP contribution in [0.5, 0.6) is 0 Å². The van der Waals surface area contributed by atoms with E-state index in [0.717, 1.165) is 0 Å². The van der Waals surface area contributed by atoms with E-state index in [-0.39, 0.29) is 23.5 Å². The molecule has 108 valence electrons. The topological polar surface area (TPSA) is 66.5 Å². The molecule has 18 heavy (non-hydrogen) atoms. The van der Waals surface area contributed by atoms with Crippen molar-refractivity contribution in [1.82, 2.24) is 9.62 Å². The molecule has 1 amide bonds. The van der Waals surface area contributed by atoms with Gasteiger partial charge in [0.1, 0.15) is 0 Å². The highest BCUT2D eigenvalue weighted by Gasteiger charge is 2.24. The van der Waals surface area contributed by atoms with E-state index in [1.165, 1.54) is 0 Å². The van der Waals surface area contributed by atoms with Gasteiger partial charge in [-0.05, 0) is 26.7 Å². The summed E-state index contributed by atoms with van der Waals surface area (Å²) in [5.41, 5.74) is 0. The molecular formula is C11H23ClN2O3S. The van der Waals surface area contributed by atoms with Crippen molar-refractivity contribution in [3.63, 3.8) is 0 Å². The van der Waals surface area contributed by atoms with Crippen molar-refractivity contribution < 1.29 is 13.2 Å². The number of nitrogens with one attached hydrogen (secondary N) is 1. The van der Waals surface area contributed by atoms with Gasteiger partial charge in [0, 0.05) is 19.0 Å². The minimum Gasteiger partial charge on any atom is -0.342 e. The number of carbonyl (C=O) groups excluding carboxylic acids is 1. The first kappa shape index (κ1) is 17.7. The predicted octanol–water partition coefficient (Wildman–Crippen LogP) is 1.04. The lowest BCUT2D eigenvalue weighted by Crippen LogP contribution is -2.47. The van der Waals surface area contributed by atoms with Gasteiger partial charge in [-0.2, -0.15) is 0 Å². The maximum atomic E-state index is 11.9. The fraction of sp³-hybridized carbons (Fsp3) is 0.909. The Morgan fingerprint density at radius 3 is 2.17 bits per heavy atom. The van der Waals surface area contributed by atoms with Crippen LogP contribution in [0.2, 0.25) is 0 Å². The zero-order valence-electron chi connectivity index (χ0n) is 11.4. The molecule has 0 radical (unpaired) electrons. The summed E-state index contributed by atoms with van der Waals surface area (Å²) in [5.74, 6) is -0.131. The number of hydrogen-bond donors (Lipinski definition) is 1. The largest absolute Gasteiger partial charge is 0.342 e. The van der Waals surface area contributed by atoms with Crippen LogP contribution < -0.4 is 4.72 Å². The highest BCUT2D eigenvalue weighted by molar-refractivity contribution is 7.89. The molecule has 0 aliphatic rings. The monoisotopic (exact) mass is 298 g/mol. The smallest absolute Gasteiger partial charge is 0.240 e. The molecule has 1 N–H and O–H groups in total. The quantitative estimate of drug-likeness (QED) is 0.681. The second-order valence-electron chi connectivity index (χ2n) is 4.39. The summed E-state index contributed by atoms with van der Waals surface area (Å²) in [6.07, 6.45) is 0. The van der Waals surface area contributed by atoms with Crippen LogP contribution in [0.4, 0.5) is 0 Å². The highest BCUT2D eigenvalue weighted by Crippen LogP contribution is 2.04. The van der Waals surface area contributed by atoms with E-state index in [9.17, 15) is 13.2 Å². The molecule has 0 bridgehead atoms. The molecular weight excluding hydrogens is 276 g/mol. The van der Waals surface area contributed by atoms with E-state index in [1.54, 1.807) is 18.7 Å². The average Bonchev–Trinajstić information content (AvgIpc) is 2.28. The third kappa shape index (κ3) is 6.02. The summed E-state index contributed by atoms with van der Waals surface area (Å²) < 4.78 is 25.9. The van der Waals surface area contributed by atoms with Crippen LogP contribution in [0.3, 0.4) is 0 Å². The third-order valence-corrected chi connectivity index (χ3v) is 4.82. The Kier molecular flexibility index (Phi) is 7.82. The summed E-state index contributed by atoms with van der Waals surface area (Å²) in [5, 5.41) is 0. The first-order valence-corrected chi connectivity index (χ1v) is 8.30. The SMILES string of the molecule is CCN(CC)C(=O)C(C)NS(=O)(=O)CC(C)CCl. The van der Waals surface area contributed by atoms with Crippen molar-refractivity contribution in [2.45, 2.75) is 33.7 Å². The lowest BCUT2D eigenvalue weighted by atomic mass is 10.3. The second kappa shape index (κ2) is 7.96. The number of rotatable bonds is 8. The van der Waals surface area contributed by atoms with Gasteiger partial charge in [-0.1, -0.05) is 6.92 Å². The summed E-state index contributed by atoms with van der Waals surface area (Å²) in [7, 11) is -3.47. The van der Waals surface area contributed by atoms with Gasteiger partial charge in [0.05, 0.1) is 11.8 Å². The number of likely N-dealkylation sites (N-methyl/N-ethyl adjacent to an activating group) is 1. The number of sulfonamides is 1. The summed E-state index contributed by atoms with van der Waals surface area (Å²) in [4.78, 5) is 13.5. The van der Waals surface area contributed by atoms with E-state index in [2.05, 4.69) is 4.72 Å². The third-order valence-electron chi connectivity index (χ3n) is 2.57. The molecule has 0 aromatic heterocycles. The molecule has 0 heterocycles. The number of amides is 1. The molecule has 0 fully saturated rings. The van der Waals surface area contributed by atoms with E-state index in [0.29, 0.717) is 13.1 Å². The molecule has 0 aliphatic heterocycles. The maximum Gasteiger partial charge on any atom is 0.240 e. The fourth-order valence-corrected chi connectivity index (χ4v) is 3.44. The zero-order valence-corrected chi connectivity index (χ0v) is 13.0. The van der Waals surface area contributed by atoms with E-state index >= 15 is 0 Å². The molecule has 2 unspecified atom stereocenters. The maximum absolute atomic E-state index is 11.9. The van der Waals surface area contributed by atoms with E-state index in [4.69, 9.17) is 11.6 Å². The first-order valence-electron chi connectivity index (χ1n) is 6.12. The Balaban J connectivity index is 4.55. The number of halogens is 1. The second-order valence-corrected chi connectivity index (χ2v) is 6.50. The van der Waals surface area contributed by atoms with Crippen molar-refractivity contribution in [3.05, 3.63) is 0 Å². The van der Waals surface area contributed by atoms with Gasteiger partial charge in [-0.25, -0.2) is 13.1 Å². The number of carbonyl (C=O) groups is 1. The number of alkyl halides is 1. The average molecular weight is 299 g/mol. The molecule has 0 aromatic carbocycles. The standard InChI is InChI=1S/C11H23ClN2O3S/c1-5-14(6-2)11(15)10(4)13-18(16,17)8-9(3)7-12/h9-10,13H,5-8H2,1-4H3. The molecule has 0 saturated carbocycles. The lowest BCUT2D eigenvalue weighted by Gasteiger charge is -2.23.